The quantitative estimate of drug-likeness (QED) is 0.574. The highest BCUT2D eigenvalue weighted by Gasteiger charge is 2.25. The summed E-state index contributed by atoms with van der Waals surface area (Å²) in [5.41, 5.74) is 8.16. The molecule has 2 rings (SSSR count). The molecule has 1 saturated carbocycles. The third kappa shape index (κ3) is 2.13. The van der Waals surface area contributed by atoms with Crippen LogP contribution in [0, 0.1) is 5.92 Å². The predicted octanol–water partition coefficient (Wildman–Crippen LogP) is 2.65. The van der Waals surface area contributed by atoms with Crippen LogP contribution in [-0.2, 0) is 6.42 Å². The summed E-state index contributed by atoms with van der Waals surface area (Å²) in [4.78, 5) is 4.42. The number of benzene rings is 1. The van der Waals surface area contributed by atoms with Crippen molar-refractivity contribution in [3.63, 3.8) is 0 Å². The van der Waals surface area contributed by atoms with Gasteiger partial charge in [0.1, 0.15) is 5.84 Å². The van der Waals surface area contributed by atoms with Gasteiger partial charge in [-0.2, -0.15) is 0 Å². The Bertz CT molecular complexity index is 351. The molecule has 0 aromatic heterocycles. The van der Waals surface area contributed by atoms with Crippen LogP contribution in [0.15, 0.2) is 29.3 Å². The Balaban J connectivity index is 2.18. The molecule has 1 aromatic carbocycles. The zero-order chi connectivity index (χ0) is 9.97. The van der Waals surface area contributed by atoms with Gasteiger partial charge in [-0.3, -0.25) is 0 Å². The van der Waals surface area contributed by atoms with E-state index < -0.39 is 0 Å². The van der Waals surface area contributed by atoms with Crippen LogP contribution < -0.4 is 5.73 Å². The molecule has 2 nitrogen and oxygen atoms in total. The summed E-state index contributed by atoms with van der Waals surface area (Å²) in [5.74, 6) is 1.36. The first-order valence-electron chi connectivity index (χ1n) is 5.22. The van der Waals surface area contributed by atoms with E-state index in [0.717, 1.165) is 17.9 Å². The zero-order valence-corrected chi connectivity index (χ0v) is 8.53. The van der Waals surface area contributed by atoms with Crippen molar-refractivity contribution in [3.8, 4) is 0 Å². The average molecular weight is 188 g/mol. The molecule has 0 heterocycles. The summed E-state index contributed by atoms with van der Waals surface area (Å²) < 4.78 is 0. The van der Waals surface area contributed by atoms with Gasteiger partial charge >= 0.3 is 0 Å². The molecule has 0 saturated heterocycles. The maximum absolute atomic E-state index is 5.85. The molecule has 0 atom stereocenters. The Morgan fingerprint density at radius 2 is 2.29 bits per heavy atom. The number of rotatable bonds is 3. The van der Waals surface area contributed by atoms with Crippen LogP contribution in [0.3, 0.4) is 0 Å². The van der Waals surface area contributed by atoms with E-state index in [1.165, 1.54) is 18.4 Å². The summed E-state index contributed by atoms with van der Waals surface area (Å²) >= 11 is 0. The Morgan fingerprint density at radius 1 is 1.50 bits per heavy atom. The van der Waals surface area contributed by atoms with Crippen LogP contribution in [0.5, 0.6) is 0 Å². The largest absolute Gasteiger partial charge is 0.387 e. The van der Waals surface area contributed by atoms with Gasteiger partial charge in [-0.25, -0.2) is 4.99 Å². The van der Waals surface area contributed by atoms with E-state index in [4.69, 9.17) is 5.73 Å². The zero-order valence-electron chi connectivity index (χ0n) is 8.53. The summed E-state index contributed by atoms with van der Waals surface area (Å²) in [6.07, 6.45) is 3.47. The summed E-state index contributed by atoms with van der Waals surface area (Å²) in [7, 11) is 0. The lowest BCUT2D eigenvalue weighted by molar-refractivity contribution is 1.13. The van der Waals surface area contributed by atoms with Crippen LogP contribution in [0.2, 0.25) is 0 Å². The second-order valence-corrected chi connectivity index (χ2v) is 3.83. The van der Waals surface area contributed by atoms with Crippen molar-refractivity contribution in [2.24, 2.45) is 16.6 Å². The molecular weight excluding hydrogens is 172 g/mol. The van der Waals surface area contributed by atoms with E-state index in [9.17, 15) is 0 Å². The lowest BCUT2D eigenvalue weighted by Crippen LogP contribution is -2.12. The highest BCUT2D eigenvalue weighted by Crippen LogP contribution is 2.30. The Kier molecular flexibility index (Phi) is 2.53. The molecule has 14 heavy (non-hydrogen) atoms. The third-order valence-electron chi connectivity index (χ3n) is 2.57. The molecule has 0 radical (unpaired) electrons. The lowest BCUT2D eigenvalue weighted by Gasteiger charge is -2.00. The van der Waals surface area contributed by atoms with Crippen LogP contribution in [0.25, 0.3) is 0 Å². The molecule has 1 fully saturated rings. The molecule has 1 aromatic rings. The fourth-order valence-electron chi connectivity index (χ4n) is 1.47. The van der Waals surface area contributed by atoms with Crippen molar-refractivity contribution in [1.82, 2.24) is 0 Å². The minimum absolute atomic E-state index is 0.556. The smallest absolute Gasteiger partial charge is 0.103 e. The third-order valence-corrected chi connectivity index (χ3v) is 2.57. The van der Waals surface area contributed by atoms with E-state index in [-0.39, 0.29) is 0 Å². The normalized spacial score (nSPS) is 17.1. The molecular formula is C12H16N2. The minimum atomic E-state index is 0.556. The standard InChI is InChI=1S/C12H16N2/c1-2-9-4-3-5-11(8-9)14-12(13)10-6-7-10/h3-5,8,10H,2,6-7H2,1H3,(H2,13,14). The molecule has 0 unspecified atom stereocenters. The topological polar surface area (TPSA) is 38.4 Å². The second-order valence-electron chi connectivity index (χ2n) is 3.83. The average Bonchev–Trinajstić information content (AvgIpc) is 3.01. The van der Waals surface area contributed by atoms with E-state index in [0.29, 0.717) is 5.92 Å². The van der Waals surface area contributed by atoms with Gasteiger partial charge in [0.15, 0.2) is 0 Å². The summed E-state index contributed by atoms with van der Waals surface area (Å²) in [6, 6.07) is 8.27. The van der Waals surface area contributed by atoms with E-state index in [2.05, 4.69) is 24.0 Å². The second kappa shape index (κ2) is 3.82. The SMILES string of the molecule is CCc1cccc(N=C(N)C2CC2)c1. The van der Waals surface area contributed by atoms with Gasteiger partial charge in [0.25, 0.3) is 0 Å². The molecule has 1 aliphatic carbocycles. The number of nitrogens with zero attached hydrogens (tertiary/aromatic N) is 1. The molecule has 74 valence electrons. The van der Waals surface area contributed by atoms with Crippen LogP contribution in [0.1, 0.15) is 25.3 Å². The van der Waals surface area contributed by atoms with E-state index >= 15 is 0 Å². The fourth-order valence-corrected chi connectivity index (χ4v) is 1.47. The van der Waals surface area contributed by atoms with Crippen molar-refractivity contribution in [1.29, 1.82) is 0 Å². The van der Waals surface area contributed by atoms with Crippen LogP contribution in [0.4, 0.5) is 5.69 Å². The molecule has 1 aliphatic rings. The molecule has 0 spiro atoms. The van der Waals surface area contributed by atoms with Gasteiger partial charge in [-0.05, 0) is 37.0 Å². The van der Waals surface area contributed by atoms with E-state index in [1.807, 2.05) is 12.1 Å². The van der Waals surface area contributed by atoms with Gasteiger partial charge in [-0.15, -0.1) is 0 Å². The summed E-state index contributed by atoms with van der Waals surface area (Å²) in [5, 5.41) is 0. The molecule has 0 amide bonds. The maximum Gasteiger partial charge on any atom is 0.103 e. The fraction of sp³-hybridized carbons (Fsp3) is 0.417. The molecule has 0 bridgehead atoms. The van der Waals surface area contributed by atoms with Crippen LogP contribution in [-0.4, -0.2) is 5.84 Å². The highest BCUT2D eigenvalue weighted by molar-refractivity contribution is 5.87. The first-order chi connectivity index (χ1) is 6.79. The number of hydrogen-bond acceptors (Lipinski definition) is 1. The van der Waals surface area contributed by atoms with Gasteiger partial charge in [0.05, 0.1) is 5.69 Å². The highest BCUT2D eigenvalue weighted by atomic mass is 14.9. The first-order valence-corrected chi connectivity index (χ1v) is 5.22. The number of nitrogens with two attached hydrogens (primary N) is 1. The van der Waals surface area contributed by atoms with Gasteiger partial charge in [0.2, 0.25) is 0 Å². The lowest BCUT2D eigenvalue weighted by atomic mass is 10.1. The summed E-state index contributed by atoms with van der Waals surface area (Å²) in [6.45, 7) is 2.15. The first kappa shape index (κ1) is 9.25. The van der Waals surface area contributed by atoms with Crippen molar-refractivity contribution < 1.29 is 0 Å². The minimum Gasteiger partial charge on any atom is -0.387 e. The monoisotopic (exact) mass is 188 g/mol. The van der Waals surface area contributed by atoms with Crippen molar-refractivity contribution in [3.05, 3.63) is 29.8 Å². The molecule has 0 aliphatic heterocycles. The van der Waals surface area contributed by atoms with Crippen molar-refractivity contribution in [2.75, 3.05) is 0 Å². The van der Waals surface area contributed by atoms with Gasteiger partial charge in [-0.1, -0.05) is 19.1 Å². The predicted molar refractivity (Wildman–Crippen MR) is 59.8 cm³/mol. The van der Waals surface area contributed by atoms with E-state index in [1.54, 1.807) is 0 Å². The Hall–Kier alpha value is -1.31. The Labute approximate surface area is 84.9 Å². The van der Waals surface area contributed by atoms with Crippen LogP contribution >= 0.6 is 0 Å². The van der Waals surface area contributed by atoms with Crippen molar-refractivity contribution >= 4 is 11.5 Å². The maximum atomic E-state index is 5.85. The molecule has 2 heteroatoms. The number of amidine groups is 1. The van der Waals surface area contributed by atoms with Crippen molar-refractivity contribution in [2.45, 2.75) is 26.2 Å². The van der Waals surface area contributed by atoms with Gasteiger partial charge in [0, 0.05) is 5.92 Å². The Morgan fingerprint density at radius 3 is 2.93 bits per heavy atom. The molecule has 2 N–H and O–H groups in total. The van der Waals surface area contributed by atoms with Gasteiger partial charge < -0.3 is 5.73 Å². The number of aryl methyl sites for hydroxylation is 1. The number of aliphatic imine (C=N–C) groups is 1. The number of hydrogen-bond donors (Lipinski definition) is 1.